The molecular weight excluding hydrogens is 1850 g/mol. The average Bonchev–Trinajstić information content (AvgIpc) is 1.57. The van der Waals surface area contributed by atoms with Crippen molar-refractivity contribution in [1.29, 1.82) is 0 Å². The molecule has 4 aliphatic heterocycles. The van der Waals surface area contributed by atoms with E-state index in [0.717, 1.165) is 213 Å². The highest BCUT2D eigenvalue weighted by molar-refractivity contribution is 6.14. The van der Waals surface area contributed by atoms with E-state index in [1.54, 1.807) is 77.9 Å². The molecule has 8 bridgehead atoms. The quantitative estimate of drug-likeness (QED) is 0.0193. The first-order chi connectivity index (χ1) is 72.4. The molecule has 6 aliphatic rings. The Hall–Kier alpha value is -13.0. The third-order valence-electron chi connectivity index (χ3n) is 30.7. The molecule has 2 aliphatic carbocycles. The van der Waals surface area contributed by atoms with Gasteiger partial charge >= 0.3 is 0 Å². The van der Waals surface area contributed by atoms with Crippen LogP contribution in [0.15, 0.2) is 133 Å². The lowest BCUT2D eigenvalue weighted by atomic mass is 9.76. The number of unbranched alkanes of at least 4 members (excludes halogenated alkanes) is 32. The smallest absolute Gasteiger partial charge is 0.224 e. The van der Waals surface area contributed by atoms with Crippen molar-refractivity contribution in [1.82, 2.24) is 9.97 Å². The topological polar surface area (TPSA) is 274 Å². The molecule has 0 saturated heterocycles. The largest absolute Gasteiger partial charge is 0.453 e. The maximum atomic E-state index is 14.2. The molecule has 22 nitrogen and oxygen atoms in total. The monoisotopic (exact) mass is 2000 g/mol. The highest BCUT2D eigenvalue weighted by Gasteiger charge is 2.41. The second kappa shape index (κ2) is 51.3. The number of carbonyl (C=O) groups excluding carboxylic acids is 6. The van der Waals surface area contributed by atoms with Gasteiger partial charge in [-0.25, -0.2) is 9.97 Å². The third-order valence-corrected chi connectivity index (χ3v) is 30.7. The van der Waals surface area contributed by atoms with Crippen LogP contribution in [0.1, 0.15) is 433 Å². The maximum Gasteiger partial charge on any atom is 0.224 e. The lowest BCUT2D eigenvalue weighted by Gasteiger charge is -2.30. The molecule has 2 unspecified atom stereocenters. The lowest BCUT2D eigenvalue weighted by molar-refractivity contribution is -0.116. The Morgan fingerprint density at radius 3 is 0.588 bits per heavy atom. The Balaban J connectivity index is 1.02. The molecule has 6 N–H and O–H groups in total. The first-order valence-electron chi connectivity index (χ1n) is 56.7. The SMILES string of the molecule is CCCCCCCCCCCC1c2cc3c4cc2Oc2cc(NC(=O)CC)c(NC(=O)CC)cc2Oc2cc5c(cc21)C(CCCCCCCCCCC)c1cc2c(cc1Oc1cc(NC(=O)CC)c(NC(=O)CC)cc1O5)Oc1cc5nc6c(nc5cc1Oc1cc(c(cc1C2CCCCCCCCCCC)C3CCCCCCCCCCC)Oc1cc(NC(=O)CC)c(NC(=O)CC)cc1O4)-c1cccc2cccc-6c12. The van der Waals surface area contributed by atoms with E-state index >= 15 is 0 Å². The summed E-state index contributed by atoms with van der Waals surface area (Å²) in [5.41, 5.74) is 13.1. The highest BCUT2D eigenvalue weighted by atomic mass is 16.5. The zero-order valence-electron chi connectivity index (χ0n) is 89.1. The Bertz CT molecular complexity index is 6260. The van der Waals surface area contributed by atoms with E-state index in [4.69, 9.17) is 47.9 Å². The molecule has 11 aromatic rings. The van der Waals surface area contributed by atoms with E-state index in [-0.39, 0.29) is 120 Å². The van der Waals surface area contributed by atoms with Crippen LogP contribution in [0, 0.1) is 0 Å². The average molecular weight is 2000 g/mol. The van der Waals surface area contributed by atoms with Gasteiger partial charge in [-0.3, -0.25) is 28.8 Å². The number of rotatable bonds is 52. The summed E-state index contributed by atoms with van der Waals surface area (Å²) in [6.07, 6.45) is 42.2. The molecule has 17 rings (SSSR count). The van der Waals surface area contributed by atoms with Gasteiger partial charge in [0, 0.05) is 196 Å². The number of fused-ring (bicyclic) bond motifs is 8. The van der Waals surface area contributed by atoms with Crippen LogP contribution in [0.5, 0.6) is 92.0 Å². The minimum atomic E-state index is -0.560. The minimum Gasteiger partial charge on any atom is -0.453 e. The fourth-order valence-corrected chi connectivity index (χ4v) is 22.3. The Kier molecular flexibility index (Phi) is 36.9. The summed E-state index contributed by atoms with van der Waals surface area (Å²) in [5.74, 6) is 1.64. The van der Waals surface area contributed by atoms with Crippen LogP contribution in [0.2, 0.25) is 0 Å². The summed E-state index contributed by atoms with van der Waals surface area (Å²) in [7, 11) is 0. The van der Waals surface area contributed by atoms with Crippen molar-refractivity contribution >= 4 is 91.4 Å². The molecule has 5 heterocycles. The van der Waals surface area contributed by atoms with Gasteiger partial charge < -0.3 is 69.8 Å². The predicted molar refractivity (Wildman–Crippen MR) is 595 cm³/mol. The molecule has 6 amide bonds. The van der Waals surface area contributed by atoms with E-state index < -0.39 is 23.7 Å². The van der Waals surface area contributed by atoms with Crippen molar-refractivity contribution < 1.29 is 66.7 Å². The molecule has 1 aromatic heterocycles. The zero-order valence-corrected chi connectivity index (χ0v) is 89.1. The number of carbonyl (C=O) groups is 6. The van der Waals surface area contributed by atoms with Crippen LogP contribution < -0.4 is 69.8 Å². The van der Waals surface area contributed by atoms with Gasteiger partial charge in [0.15, 0.2) is 46.0 Å². The van der Waals surface area contributed by atoms with E-state index in [0.29, 0.717) is 117 Å². The third kappa shape index (κ3) is 25.2. The van der Waals surface area contributed by atoms with Crippen LogP contribution >= 0.6 is 0 Å². The van der Waals surface area contributed by atoms with E-state index in [2.05, 4.69) is 132 Å². The second-order valence-corrected chi connectivity index (χ2v) is 41.6. The molecule has 0 radical (unpaired) electrons. The molecule has 2 atom stereocenters. The van der Waals surface area contributed by atoms with Crippen LogP contribution in [0.3, 0.4) is 0 Å². The lowest BCUT2D eigenvalue weighted by Crippen LogP contribution is -2.15. The van der Waals surface area contributed by atoms with Gasteiger partial charge in [0.05, 0.1) is 56.5 Å². The molecule has 10 aromatic carbocycles. The normalized spacial score (nSPS) is 14.8. The van der Waals surface area contributed by atoms with Crippen LogP contribution in [-0.2, 0) is 28.8 Å². The Morgan fingerprint density at radius 1 is 0.216 bits per heavy atom. The Labute approximate surface area is 875 Å². The zero-order chi connectivity index (χ0) is 103. The van der Waals surface area contributed by atoms with E-state index in [1.807, 2.05) is 24.3 Å². The van der Waals surface area contributed by atoms with Crippen molar-refractivity contribution in [3.63, 3.8) is 0 Å². The van der Waals surface area contributed by atoms with Gasteiger partial charge in [0.1, 0.15) is 46.0 Å². The molecular formula is C126H154N8O14. The summed E-state index contributed by atoms with van der Waals surface area (Å²) in [6.45, 7) is 19.8. The maximum absolute atomic E-state index is 14.2. The minimum absolute atomic E-state index is 0.119. The number of ether oxygens (including phenoxy) is 8. The highest BCUT2D eigenvalue weighted by Crippen LogP contribution is 2.62. The summed E-state index contributed by atoms with van der Waals surface area (Å²) >= 11 is 0. The van der Waals surface area contributed by atoms with Gasteiger partial charge in [-0.2, -0.15) is 0 Å². The second-order valence-electron chi connectivity index (χ2n) is 41.6. The van der Waals surface area contributed by atoms with Crippen molar-refractivity contribution in [2.45, 2.75) is 388 Å². The van der Waals surface area contributed by atoms with Gasteiger partial charge in [0.25, 0.3) is 0 Å². The van der Waals surface area contributed by atoms with E-state index in [9.17, 15) is 28.8 Å². The van der Waals surface area contributed by atoms with Gasteiger partial charge in [-0.05, 0) is 55.3 Å². The van der Waals surface area contributed by atoms with Crippen molar-refractivity contribution in [2.24, 2.45) is 0 Å². The number of anilines is 6. The first kappa shape index (κ1) is 106. The molecule has 0 fully saturated rings. The molecule has 782 valence electrons. The van der Waals surface area contributed by atoms with Crippen molar-refractivity contribution in [3.8, 4) is 115 Å². The number of hydrogen-bond donors (Lipinski definition) is 6. The number of hydrogen-bond acceptors (Lipinski definition) is 16. The van der Waals surface area contributed by atoms with Gasteiger partial charge in [-0.15, -0.1) is 0 Å². The van der Waals surface area contributed by atoms with Gasteiger partial charge in [-0.1, -0.05) is 337 Å². The predicted octanol–water partition coefficient (Wildman–Crippen LogP) is 36.6. The number of nitrogens with one attached hydrogen (secondary N) is 6. The van der Waals surface area contributed by atoms with E-state index in [1.165, 1.54) is 96.3 Å². The van der Waals surface area contributed by atoms with Crippen molar-refractivity contribution in [2.75, 3.05) is 31.9 Å². The summed E-state index contributed by atoms with van der Waals surface area (Å²) in [4.78, 5) is 96.5. The Morgan fingerprint density at radius 2 is 0.399 bits per heavy atom. The van der Waals surface area contributed by atoms with Crippen LogP contribution in [0.4, 0.5) is 34.1 Å². The molecule has 148 heavy (non-hydrogen) atoms. The fraction of sp³-hybridized carbons (Fsp3) is 0.476. The van der Waals surface area contributed by atoms with Crippen LogP contribution in [0.25, 0.3) is 44.3 Å². The summed E-state index contributed by atoms with van der Waals surface area (Å²) in [5, 5.41) is 21.1. The standard InChI is InChI=1S/C126H154N8O14/c1-11-21-25-29-33-37-41-45-49-57-80-86-63-88-81(58-50-46-42-38-34-30-26-22-12-2)90-65-92-83(60-52-48-44-40-36-32-28-24-14-4)93-66-91-82(59-51-47-43-39-35-31-27-23-13-3)89-64-87(80)103-76-105(89)144-113-70-97(130-121(138)18-8)99(132-123(140)20-10)72-115(113)146-107(91)78-109(93)148-117-74-101-100(133-125-84-61-53-55-79-56-54-62-85(124(79)84)126(125)134-101)73-116(117)147-108(92)77-106(90)145-114-71-98(131-122(139)19-9)96(129-120(137)17-7)69-112(114)143-104(88)75-102(86)141-110-67-94(127-118(135)15-5)95(68-111(110)142-103)128-119(136)16-6/h53-56,61-78,80-83H,11-52,57-60H2,1-10H3,(H,127,135)(H,128,136)(H,129,137)(H,130,138)(H,131,139)(H,132,140). The van der Waals surface area contributed by atoms with Crippen LogP contribution in [-0.4, -0.2) is 45.4 Å². The molecule has 0 saturated carbocycles. The van der Waals surface area contributed by atoms with Crippen molar-refractivity contribution in [3.05, 3.63) is 178 Å². The van der Waals surface area contributed by atoms with Gasteiger partial charge in [0.2, 0.25) is 35.4 Å². The number of amides is 6. The number of aromatic nitrogens is 2. The fourth-order valence-electron chi connectivity index (χ4n) is 22.3. The first-order valence-corrected chi connectivity index (χ1v) is 56.7. The number of benzene rings is 10. The molecule has 22 heteroatoms. The summed E-state index contributed by atoms with van der Waals surface area (Å²) in [6, 6.07) is 44.7. The molecule has 0 spiro atoms. The summed E-state index contributed by atoms with van der Waals surface area (Å²) < 4.78 is 63.6. The number of nitrogens with zero attached hydrogens (tertiary/aromatic N) is 2.